The van der Waals surface area contributed by atoms with Crippen LogP contribution in [-0.2, 0) is 10.0 Å². The Bertz CT molecular complexity index is 827. The summed E-state index contributed by atoms with van der Waals surface area (Å²) in [5.74, 6) is 1.25. The molecule has 0 spiro atoms. The van der Waals surface area contributed by atoms with Crippen molar-refractivity contribution in [2.75, 3.05) is 33.8 Å². The molecule has 1 aliphatic heterocycles. The van der Waals surface area contributed by atoms with Crippen LogP contribution < -0.4 is 14.9 Å². The van der Waals surface area contributed by atoms with E-state index in [1.54, 1.807) is 12.3 Å². The summed E-state index contributed by atoms with van der Waals surface area (Å²) in [6, 6.07) is 11.9. The molecule has 7 heteroatoms. The maximum absolute atomic E-state index is 11.8. The number of nitrogens with one attached hydrogen (secondary N) is 2. The largest absolute Gasteiger partial charge is 0.372 e. The maximum Gasteiger partial charge on any atom is 0.233 e. The second kappa shape index (κ2) is 8.61. The Kier molecular flexibility index (Phi) is 6.21. The van der Waals surface area contributed by atoms with Gasteiger partial charge in [-0.2, -0.15) is 0 Å². The first-order chi connectivity index (χ1) is 12.9. The zero-order valence-electron chi connectivity index (χ0n) is 16.0. The number of hydrogen-bond donors (Lipinski definition) is 2. The predicted molar refractivity (Wildman–Crippen MR) is 112 cm³/mol. The van der Waals surface area contributed by atoms with E-state index in [1.165, 1.54) is 18.5 Å². The summed E-state index contributed by atoms with van der Waals surface area (Å²) in [6.07, 6.45) is 4.70. The predicted octanol–water partition coefficient (Wildman–Crippen LogP) is 4.21. The summed E-state index contributed by atoms with van der Waals surface area (Å²) in [4.78, 5) is 6.61. The zero-order chi connectivity index (χ0) is 19.3. The molecule has 2 heterocycles. The normalized spacial score (nSPS) is 15.6. The van der Waals surface area contributed by atoms with Gasteiger partial charge in [-0.05, 0) is 61.6 Å². The van der Waals surface area contributed by atoms with Crippen molar-refractivity contribution >= 4 is 32.9 Å². The molecule has 0 aliphatic carbocycles. The van der Waals surface area contributed by atoms with Crippen LogP contribution in [0.2, 0.25) is 0 Å². The van der Waals surface area contributed by atoms with Crippen LogP contribution in [0.3, 0.4) is 0 Å². The third-order valence-corrected chi connectivity index (χ3v) is 6.27. The summed E-state index contributed by atoms with van der Waals surface area (Å²) in [6.45, 7) is 6.38. The number of aromatic nitrogens is 1. The van der Waals surface area contributed by atoms with Crippen LogP contribution in [0.4, 0.5) is 22.9 Å². The average molecular weight is 389 g/mol. The van der Waals surface area contributed by atoms with Crippen LogP contribution >= 0.6 is 0 Å². The molecule has 1 aromatic heterocycles. The molecule has 0 radical (unpaired) electrons. The van der Waals surface area contributed by atoms with Gasteiger partial charge >= 0.3 is 0 Å². The van der Waals surface area contributed by atoms with Crippen LogP contribution in [-0.4, -0.2) is 32.2 Å². The van der Waals surface area contributed by atoms with E-state index in [1.807, 2.05) is 13.0 Å². The molecule has 2 aromatic rings. The fraction of sp³-hybridized carbons (Fsp3) is 0.450. The van der Waals surface area contributed by atoms with E-state index in [2.05, 4.69) is 51.1 Å². The van der Waals surface area contributed by atoms with Gasteiger partial charge in [0.1, 0.15) is 5.82 Å². The van der Waals surface area contributed by atoms with Gasteiger partial charge in [-0.15, -0.1) is 0 Å². The van der Waals surface area contributed by atoms with Gasteiger partial charge in [0.15, 0.2) is 0 Å². The Morgan fingerprint density at radius 1 is 1.07 bits per heavy atom. The highest BCUT2D eigenvalue weighted by Gasteiger charge is 2.15. The molecule has 0 amide bonds. The molecule has 1 fully saturated rings. The Hall–Kier alpha value is -2.28. The van der Waals surface area contributed by atoms with Crippen LogP contribution in [0, 0.1) is 5.92 Å². The quantitative estimate of drug-likeness (QED) is 0.743. The lowest BCUT2D eigenvalue weighted by Gasteiger charge is -2.32. The molecule has 146 valence electrons. The first-order valence-corrected chi connectivity index (χ1v) is 11.2. The lowest BCUT2D eigenvalue weighted by Crippen LogP contribution is -2.32. The number of rotatable bonds is 7. The van der Waals surface area contributed by atoms with Gasteiger partial charge < -0.3 is 10.2 Å². The van der Waals surface area contributed by atoms with Gasteiger partial charge in [0, 0.05) is 24.5 Å². The highest BCUT2D eigenvalue weighted by molar-refractivity contribution is 7.92. The van der Waals surface area contributed by atoms with Crippen LogP contribution in [0.25, 0.3) is 0 Å². The standard InChI is InChI=1S/C20H28N4O2S/c1-3-14-27(25,26)23-20-9-6-18(15-21-20)22-17-4-7-19(8-5-17)24-12-10-16(2)11-13-24/h4-9,15-16,22H,3,10-14H2,1-2H3,(H,21,23). The summed E-state index contributed by atoms with van der Waals surface area (Å²) in [5, 5.41) is 3.30. The molecule has 1 saturated heterocycles. The van der Waals surface area contributed by atoms with Gasteiger partial charge in [-0.3, -0.25) is 4.72 Å². The van der Waals surface area contributed by atoms with E-state index in [0.29, 0.717) is 12.2 Å². The van der Waals surface area contributed by atoms with Gasteiger partial charge in [-0.25, -0.2) is 13.4 Å². The third-order valence-electron chi connectivity index (χ3n) is 4.80. The van der Waals surface area contributed by atoms with Crippen molar-refractivity contribution in [1.29, 1.82) is 0 Å². The van der Waals surface area contributed by atoms with E-state index in [0.717, 1.165) is 30.4 Å². The third kappa shape index (κ3) is 5.60. The van der Waals surface area contributed by atoms with Crippen LogP contribution in [0.5, 0.6) is 0 Å². The number of benzene rings is 1. The number of nitrogens with zero attached hydrogens (tertiary/aromatic N) is 2. The topological polar surface area (TPSA) is 74.3 Å². The van der Waals surface area contributed by atoms with Crippen molar-refractivity contribution in [3.63, 3.8) is 0 Å². The number of anilines is 4. The Morgan fingerprint density at radius 3 is 2.33 bits per heavy atom. The molecule has 1 aliphatic rings. The monoisotopic (exact) mass is 388 g/mol. The minimum absolute atomic E-state index is 0.0942. The van der Waals surface area contributed by atoms with E-state index in [9.17, 15) is 8.42 Å². The molecule has 27 heavy (non-hydrogen) atoms. The lowest BCUT2D eigenvalue weighted by atomic mass is 9.99. The fourth-order valence-electron chi connectivity index (χ4n) is 3.20. The first kappa shape index (κ1) is 19.5. The Balaban J connectivity index is 1.59. The minimum atomic E-state index is -3.31. The summed E-state index contributed by atoms with van der Waals surface area (Å²) in [7, 11) is -3.31. The number of pyridine rings is 1. The summed E-state index contributed by atoms with van der Waals surface area (Å²) < 4.78 is 26.1. The molecule has 6 nitrogen and oxygen atoms in total. The van der Waals surface area contributed by atoms with E-state index in [-0.39, 0.29) is 5.75 Å². The molecule has 0 bridgehead atoms. The maximum atomic E-state index is 11.8. The molecule has 3 rings (SSSR count). The van der Waals surface area contributed by atoms with Gasteiger partial charge in [-0.1, -0.05) is 13.8 Å². The molecule has 1 aromatic carbocycles. The average Bonchev–Trinajstić information content (AvgIpc) is 2.64. The molecular weight excluding hydrogens is 360 g/mol. The Morgan fingerprint density at radius 2 is 1.74 bits per heavy atom. The van der Waals surface area contributed by atoms with Gasteiger partial charge in [0.25, 0.3) is 0 Å². The molecule has 0 saturated carbocycles. The Labute approximate surface area is 162 Å². The number of sulfonamides is 1. The highest BCUT2D eigenvalue weighted by Crippen LogP contribution is 2.25. The van der Waals surface area contributed by atoms with E-state index in [4.69, 9.17) is 0 Å². The van der Waals surface area contributed by atoms with Crippen LogP contribution in [0.1, 0.15) is 33.1 Å². The summed E-state index contributed by atoms with van der Waals surface area (Å²) >= 11 is 0. The van der Waals surface area contributed by atoms with Crippen molar-refractivity contribution in [2.45, 2.75) is 33.1 Å². The summed E-state index contributed by atoms with van der Waals surface area (Å²) in [5.41, 5.74) is 3.05. The first-order valence-electron chi connectivity index (χ1n) is 9.54. The van der Waals surface area contributed by atoms with Crippen molar-refractivity contribution in [2.24, 2.45) is 5.92 Å². The van der Waals surface area contributed by atoms with Crippen molar-refractivity contribution in [1.82, 2.24) is 4.98 Å². The fourth-order valence-corrected chi connectivity index (χ4v) is 4.28. The van der Waals surface area contributed by atoms with Gasteiger partial charge in [0.05, 0.1) is 17.6 Å². The molecular formula is C20H28N4O2S. The SMILES string of the molecule is CCCS(=O)(=O)Nc1ccc(Nc2ccc(N3CCC(C)CC3)cc2)cn1. The van der Waals surface area contributed by atoms with Crippen molar-refractivity contribution < 1.29 is 8.42 Å². The second-order valence-electron chi connectivity index (χ2n) is 7.19. The molecule has 2 N–H and O–H groups in total. The van der Waals surface area contributed by atoms with Crippen molar-refractivity contribution in [3.05, 3.63) is 42.6 Å². The molecule has 0 unspecified atom stereocenters. The van der Waals surface area contributed by atoms with E-state index < -0.39 is 10.0 Å². The van der Waals surface area contributed by atoms with Crippen molar-refractivity contribution in [3.8, 4) is 0 Å². The van der Waals surface area contributed by atoms with E-state index >= 15 is 0 Å². The van der Waals surface area contributed by atoms with Crippen LogP contribution in [0.15, 0.2) is 42.6 Å². The molecule has 0 atom stereocenters. The number of hydrogen-bond acceptors (Lipinski definition) is 5. The number of piperidine rings is 1. The second-order valence-corrected chi connectivity index (χ2v) is 9.04. The zero-order valence-corrected chi connectivity index (χ0v) is 16.8. The lowest BCUT2D eigenvalue weighted by molar-refractivity contribution is 0.438. The smallest absolute Gasteiger partial charge is 0.233 e. The minimum Gasteiger partial charge on any atom is -0.372 e. The highest BCUT2D eigenvalue weighted by atomic mass is 32.2. The van der Waals surface area contributed by atoms with Gasteiger partial charge in [0.2, 0.25) is 10.0 Å².